The lowest BCUT2D eigenvalue weighted by molar-refractivity contribution is -0.158. The molecule has 2 aromatic heterocycles. The van der Waals surface area contributed by atoms with Crippen molar-refractivity contribution in [3.05, 3.63) is 29.5 Å². The summed E-state index contributed by atoms with van der Waals surface area (Å²) < 4.78 is 74.9. The van der Waals surface area contributed by atoms with Gasteiger partial charge in [0, 0.05) is 31.9 Å². The van der Waals surface area contributed by atoms with E-state index in [1.807, 2.05) is 4.90 Å². The highest BCUT2D eigenvalue weighted by atomic mass is 19.4. The topological polar surface area (TPSA) is 76.3 Å². The minimum Gasteiger partial charge on any atom is -0.503 e. The van der Waals surface area contributed by atoms with Crippen molar-refractivity contribution in [1.29, 1.82) is 0 Å². The molecule has 32 heavy (non-hydrogen) atoms. The number of aromatic nitrogens is 4. The lowest BCUT2D eigenvalue weighted by atomic mass is 9.84. The van der Waals surface area contributed by atoms with Gasteiger partial charge in [-0.05, 0) is 25.3 Å². The minimum atomic E-state index is -5.13. The van der Waals surface area contributed by atoms with Crippen molar-refractivity contribution in [1.82, 2.24) is 19.7 Å². The van der Waals surface area contributed by atoms with Crippen LogP contribution in [0.15, 0.2) is 12.3 Å². The third-order valence-corrected chi connectivity index (χ3v) is 6.23. The lowest BCUT2D eigenvalue weighted by Crippen LogP contribution is -2.52. The van der Waals surface area contributed by atoms with E-state index in [-0.39, 0.29) is 22.3 Å². The molecule has 12 heteroatoms. The zero-order valence-corrected chi connectivity index (χ0v) is 16.9. The number of phenols is 1. The maximum absolute atomic E-state index is 14.6. The maximum atomic E-state index is 14.6. The normalized spacial score (nSPS) is 18.4. The van der Waals surface area contributed by atoms with Gasteiger partial charge in [0.1, 0.15) is 5.69 Å². The Morgan fingerprint density at radius 1 is 1.12 bits per heavy atom. The molecule has 2 aliphatic rings. The summed E-state index contributed by atoms with van der Waals surface area (Å²) in [4.78, 5) is 10.7. The molecular formula is C20H18F5N5O2. The number of fused-ring (bicyclic) bond motifs is 1. The maximum Gasteiger partial charge on any atom is 0.419 e. The molecule has 0 radical (unpaired) electrons. The molecule has 1 N–H and O–H groups in total. The number of rotatable bonds is 2. The summed E-state index contributed by atoms with van der Waals surface area (Å²) in [5, 5.41) is 13.9. The number of aryl methyl sites for hydroxylation is 1. The zero-order valence-electron chi connectivity index (χ0n) is 16.9. The second-order valence-electron chi connectivity index (χ2n) is 8.09. The number of ether oxygens (including phenoxy) is 1. The van der Waals surface area contributed by atoms with E-state index in [0.717, 1.165) is 25.9 Å². The monoisotopic (exact) mass is 455 g/mol. The van der Waals surface area contributed by atoms with Crippen LogP contribution in [-0.4, -0.2) is 50.2 Å². The van der Waals surface area contributed by atoms with Crippen LogP contribution in [0.4, 0.5) is 27.9 Å². The van der Waals surface area contributed by atoms with E-state index in [2.05, 4.69) is 15.1 Å². The van der Waals surface area contributed by atoms with E-state index in [0.29, 0.717) is 25.1 Å². The van der Waals surface area contributed by atoms with E-state index < -0.39 is 34.7 Å². The highest BCUT2D eigenvalue weighted by Gasteiger charge is 2.42. The van der Waals surface area contributed by atoms with Gasteiger partial charge in [0.2, 0.25) is 5.95 Å². The van der Waals surface area contributed by atoms with Crippen molar-refractivity contribution in [2.45, 2.75) is 31.0 Å². The summed E-state index contributed by atoms with van der Waals surface area (Å²) in [5.74, 6) is -4.91. The fourth-order valence-corrected chi connectivity index (χ4v) is 4.28. The molecule has 0 saturated carbocycles. The van der Waals surface area contributed by atoms with Crippen LogP contribution >= 0.6 is 0 Å². The van der Waals surface area contributed by atoms with E-state index in [4.69, 9.17) is 4.74 Å². The van der Waals surface area contributed by atoms with Gasteiger partial charge in [-0.1, -0.05) is 0 Å². The average Bonchev–Trinajstić information content (AvgIpc) is 3.06. The van der Waals surface area contributed by atoms with Gasteiger partial charge >= 0.3 is 6.18 Å². The van der Waals surface area contributed by atoms with E-state index in [9.17, 15) is 27.1 Å². The average molecular weight is 455 g/mol. The summed E-state index contributed by atoms with van der Waals surface area (Å²) in [7, 11) is 1.50. The van der Waals surface area contributed by atoms with Gasteiger partial charge in [-0.3, -0.25) is 0 Å². The highest BCUT2D eigenvalue weighted by Crippen LogP contribution is 2.42. The molecule has 0 bridgehead atoms. The molecule has 170 valence electrons. The van der Waals surface area contributed by atoms with Crippen molar-refractivity contribution in [3.8, 4) is 17.0 Å². The van der Waals surface area contributed by atoms with E-state index >= 15 is 0 Å². The molecule has 0 unspecified atom stereocenters. The van der Waals surface area contributed by atoms with Crippen LogP contribution in [0.25, 0.3) is 22.3 Å². The largest absolute Gasteiger partial charge is 0.503 e. The molecule has 2 saturated heterocycles. The number of benzene rings is 1. The summed E-state index contributed by atoms with van der Waals surface area (Å²) >= 11 is 0. The number of anilines is 1. The molecular weight excluding hydrogens is 437 g/mol. The number of alkyl halides is 3. The second-order valence-corrected chi connectivity index (χ2v) is 8.09. The molecule has 0 amide bonds. The van der Waals surface area contributed by atoms with Crippen LogP contribution < -0.4 is 4.90 Å². The number of phenolic OH excluding ortho intramolecular Hbond substituents is 1. The van der Waals surface area contributed by atoms with Crippen LogP contribution in [0.2, 0.25) is 0 Å². The summed E-state index contributed by atoms with van der Waals surface area (Å²) in [6.07, 6.45) is -1.08. The van der Waals surface area contributed by atoms with Crippen LogP contribution in [0, 0.1) is 11.6 Å². The fourth-order valence-electron chi connectivity index (χ4n) is 4.28. The van der Waals surface area contributed by atoms with Gasteiger partial charge in [-0.25, -0.2) is 18.4 Å². The first kappa shape index (κ1) is 20.9. The standard InChI is InChI=1S/C20H18F5N5O2/c1-29-17-11(9-26-18(27-17)30-5-2-19(3-6-30)4-7-32-19)15(28-29)10-8-12(20(23,24)25)14(22)16(31)13(10)21/h8-9,31H,2-7H2,1H3. The van der Waals surface area contributed by atoms with Gasteiger partial charge in [0.05, 0.1) is 23.2 Å². The van der Waals surface area contributed by atoms with Gasteiger partial charge in [-0.2, -0.15) is 23.3 Å². The van der Waals surface area contributed by atoms with E-state index in [1.165, 1.54) is 17.9 Å². The Bertz CT molecular complexity index is 1210. The quantitative estimate of drug-likeness (QED) is 0.593. The van der Waals surface area contributed by atoms with Gasteiger partial charge in [0.25, 0.3) is 0 Å². The molecule has 0 aliphatic carbocycles. The van der Waals surface area contributed by atoms with Gasteiger partial charge < -0.3 is 14.7 Å². The predicted molar refractivity (Wildman–Crippen MR) is 103 cm³/mol. The van der Waals surface area contributed by atoms with Gasteiger partial charge in [-0.15, -0.1) is 0 Å². The summed E-state index contributed by atoms with van der Waals surface area (Å²) in [6.45, 7) is 2.14. The summed E-state index contributed by atoms with van der Waals surface area (Å²) in [6, 6.07) is 0.294. The van der Waals surface area contributed by atoms with Crippen LogP contribution in [0.5, 0.6) is 5.75 Å². The molecule has 1 aromatic carbocycles. The van der Waals surface area contributed by atoms with Crippen molar-refractivity contribution in [2.24, 2.45) is 7.05 Å². The number of nitrogens with zero attached hydrogens (tertiary/aromatic N) is 5. The molecule has 7 nitrogen and oxygen atoms in total. The first-order valence-electron chi connectivity index (χ1n) is 9.97. The van der Waals surface area contributed by atoms with Gasteiger partial charge in [0.15, 0.2) is 23.0 Å². The van der Waals surface area contributed by atoms with Crippen LogP contribution in [0.1, 0.15) is 24.8 Å². The Balaban J connectivity index is 1.55. The van der Waals surface area contributed by atoms with Crippen molar-refractivity contribution in [2.75, 3.05) is 24.6 Å². The molecule has 2 fully saturated rings. The minimum absolute atomic E-state index is 0.0569. The Morgan fingerprint density at radius 2 is 1.81 bits per heavy atom. The van der Waals surface area contributed by atoms with Crippen LogP contribution in [-0.2, 0) is 18.0 Å². The third kappa shape index (κ3) is 3.15. The lowest BCUT2D eigenvalue weighted by Gasteiger charge is -2.47. The van der Waals surface area contributed by atoms with E-state index in [1.54, 1.807) is 0 Å². The smallest absolute Gasteiger partial charge is 0.419 e. The Morgan fingerprint density at radius 3 is 2.41 bits per heavy atom. The Hall–Kier alpha value is -3.02. The number of hydrogen-bond donors (Lipinski definition) is 1. The summed E-state index contributed by atoms with van der Waals surface area (Å²) in [5.41, 5.74) is -2.50. The predicted octanol–water partition coefficient (Wildman–Crippen LogP) is 3.79. The third-order valence-electron chi connectivity index (χ3n) is 6.23. The second kappa shape index (κ2) is 6.99. The number of hydrogen-bond acceptors (Lipinski definition) is 6. The van der Waals surface area contributed by atoms with Crippen molar-refractivity contribution < 1.29 is 31.8 Å². The molecule has 4 heterocycles. The SMILES string of the molecule is Cn1nc(-c2cc(C(F)(F)F)c(F)c(O)c2F)c2cnc(N3CCC4(CCO4)CC3)nc21. The molecule has 5 rings (SSSR count). The van der Waals surface area contributed by atoms with Crippen LogP contribution in [0.3, 0.4) is 0 Å². The zero-order chi connectivity index (χ0) is 22.8. The molecule has 0 atom stereocenters. The molecule has 3 aromatic rings. The molecule has 2 aliphatic heterocycles. The fraction of sp³-hybridized carbons (Fsp3) is 0.450. The number of halogens is 5. The number of aromatic hydroxyl groups is 1. The van der Waals surface area contributed by atoms with Crippen molar-refractivity contribution >= 4 is 17.0 Å². The first-order valence-corrected chi connectivity index (χ1v) is 9.97. The Labute approximate surface area is 178 Å². The highest BCUT2D eigenvalue weighted by molar-refractivity contribution is 5.91. The van der Waals surface area contributed by atoms with Crippen molar-refractivity contribution in [3.63, 3.8) is 0 Å². The molecule has 1 spiro atoms. The first-order chi connectivity index (χ1) is 15.1. The number of piperidine rings is 1. The Kier molecular flexibility index (Phi) is 4.56.